The Morgan fingerprint density at radius 3 is 2.55 bits per heavy atom. The van der Waals surface area contributed by atoms with Crippen LogP contribution in [-0.4, -0.2) is 5.11 Å². The number of phenolic OH excluding ortho intramolecular Hbond substituents is 1. The van der Waals surface area contributed by atoms with Gasteiger partial charge in [-0.05, 0) is 18.1 Å². The maximum absolute atomic E-state index is 10.2. The molecule has 2 aromatic rings. The molecule has 118 valence electrons. The maximum Gasteiger partial charge on any atom is 0.124 e. The van der Waals surface area contributed by atoms with Gasteiger partial charge in [-0.1, -0.05) is 62.6 Å². The van der Waals surface area contributed by atoms with Gasteiger partial charge in [-0.25, -0.2) is 0 Å². The van der Waals surface area contributed by atoms with Crippen LogP contribution in [0.2, 0.25) is 0 Å². The quantitative estimate of drug-likeness (QED) is 0.703. The van der Waals surface area contributed by atoms with Crippen LogP contribution in [0.5, 0.6) is 11.5 Å². The van der Waals surface area contributed by atoms with Gasteiger partial charge in [0.2, 0.25) is 0 Å². The van der Waals surface area contributed by atoms with Crippen molar-refractivity contribution in [2.75, 3.05) is 0 Å². The molecule has 0 unspecified atom stereocenters. The van der Waals surface area contributed by atoms with Crippen molar-refractivity contribution in [3.8, 4) is 11.5 Å². The Morgan fingerprint density at radius 1 is 1.09 bits per heavy atom. The summed E-state index contributed by atoms with van der Waals surface area (Å²) in [4.78, 5) is 0. The Balaban J connectivity index is 1.94. The Kier molecular flexibility index (Phi) is 6.28. The molecule has 0 spiro atoms. The van der Waals surface area contributed by atoms with Crippen LogP contribution < -0.4 is 10.5 Å². The van der Waals surface area contributed by atoms with Gasteiger partial charge in [0.15, 0.2) is 0 Å². The van der Waals surface area contributed by atoms with Crippen LogP contribution in [0.1, 0.15) is 49.8 Å². The molecule has 2 aromatic carbocycles. The molecule has 0 saturated heterocycles. The molecule has 0 amide bonds. The van der Waals surface area contributed by atoms with E-state index in [0.717, 1.165) is 24.0 Å². The van der Waals surface area contributed by atoms with Gasteiger partial charge in [0, 0.05) is 17.7 Å². The second kappa shape index (κ2) is 8.44. The fourth-order valence-corrected chi connectivity index (χ4v) is 2.44. The highest BCUT2D eigenvalue weighted by molar-refractivity contribution is 5.41. The predicted octanol–water partition coefficient (Wildman–Crippen LogP) is 4.55. The van der Waals surface area contributed by atoms with Crippen molar-refractivity contribution in [3.63, 3.8) is 0 Å². The predicted molar refractivity (Wildman–Crippen MR) is 90.0 cm³/mol. The van der Waals surface area contributed by atoms with Crippen molar-refractivity contribution in [1.29, 1.82) is 0 Å². The molecule has 3 heteroatoms. The van der Waals surface area contributed by atoms with Crippen LogP contribution in [0.15, 0.2) is 48.5 Å². The molecule has 22 heavy (non-hydrogen) atoms. The normalized spacial score (nSPS) is 12.1. The summed E-state index contributed by atoms with van der Waals surface area (Å²) in [7, 11) is 0. The first-order valence-corrected chi connectivity index (χ1v) is 7.96. The van der Waals surface area contributed by atoms with E-state index in [1.807, 2.05) is 42.5 Å². The Labute approximate surface area is 132 Å². The lowest BCUT2D eigenvalue weighted by molar-refractivity contribution is 0.304. The Hall–Kier alpha value is -2.00. The molecule has 0 heterocycles. The van der Waals surface area contributed by atoms with E-state index >= 15 is 0 Å². The lowest BCUT2D eigenvalue weighted by atomic mass is 10.0. The molecule has 0 aromatic heterocycles. The van der Waals surface area contributed by atoms with Gasteiger partial charge in [0.25, 0.3) is 0 Å². The van der Waals surface area contributed by atoms with Crippen molar-refractivity contribution < 1.29 is 9.84 Å². The SMILES string of the molecule is CCCCC[C@H](N)c1ccc(OCc2ccccc2)cc1O. The second-order valence-corrected chi connectivity index (χ2v) is 5.60. The van der Waals surface area contributed by atoms with Crippen molar-refractivity contribution in [3.05, 3.63) is 59.7 Å². The van der Waals surface area contributed by atoms with Gasteiger partial charge >= 0.3 is 0 Å². The number of rotatable bonds is 8. The molecule has 0 aliphatic rings. The maximum atomic E-state index is 10.2. The fraction of sp³-hybridized carbons (Fsp3) is 0.368. The topological polar surface area (TPSA) is 55.5 Å². The van der Waals surface area contributed by atoms with Gasteiger partial charge in [0.05, 0.1) is 0 Å². The number of aromatic hydroxyl groups is 1. The molecule has 3 N–H and O–H groups in total. The van der Waals surface area contributed by atoms with Crippen molar-refractivity contribution >= 4 is 0 Å². The highest BCUT2D eigenvalue weighted by atomic mass is 16.5. The summed E-state index contributed by atoms with van der Waals surface area (Å²) in [6.07, 6.45) is 4.33. The van der Waals surface area contributed by atoms with E-state index in [9.17, 15) is 5.11 Å². The van der Waals surface area contributed by atoms with E-state index in [2.05, 4.69) is 6.92 Å². The van der Waals surface area contributed by atoms with Gasteiger partial charge in [-0.3, -0.25) is 0 Å². The molecule has 0 aliphatic carbocycles. The summed E-state index contributed by atoms with van der Waals surface area (Å²) in [5, 5.41) is 10.2. The monoisotopic (exact) mass is 299 g/mol. The number of benzene rings is 2. The van der Waals surface area contributed by atoms with Gasteiger partial charge in [0.1, 0.15) is 18.1 Å². The molecule has 3 nitrogen and oxygen atoms in total. The standard InChI is InChI=1S/C19H25NO2/c1-2-3-5-10-18(20)17-12-11-16(13-19(17)21)22-14-15-8-6-4-7-9-15/h4,6-9,11-13,18,21H,2-3,5,10,14,20H2,1H3/t18-/m0/s1. The van der Waals surface area contributed by atoms with Crippen LogP contribution >= 0.6 is 0 Å². The summed E-state index contributed by atoms with van der Waals surface area (Å²) in [5.41, 5.74) is 8.04. The average Bonchev–Trinajstić information content (AvgIpc) is 2.54. The van der Waals surface area contributed by atoms with Gasteiger partial charge in [-0.15, -0.1) is 0 Å². The lowest BCUT2D eigenvalue weighted by Gasteiger charge is -2.15. The van der Waals surface area contributed by atoms with Gasteiger partial charge in [-0.2, -0.15) is 0 Å². The zero-order chi connectivity index (χ0) is 15.8. The molecule has 0 radical (unpaired) electrons. The average molecular weight is 299 g/mol. The van der Waals surface area contributed by atoms with Crippen LogP contribution in [-0.2, 0) is 6.61 Å². The zero-order valence-electron chi connectivity index (χ0n) is 13.2. The number of hydrogen-bond acceptors (Lipinski definition) is 3. The van der Waals surface area contributed by atoms with E-state index in [0.29, 0.717) is 12.4 Å². The summed E-state index contributed by atoms with van der Waals surface area (Å²) in [6, 6.07) is 15.2. The third kappa shape index (κ3) is 4.78. The second-order valence-electron chi connectivity index (χ2n) is 5.60. The third-order valence-corrected chi connectivity index (χ3v) is 3.77. The van der Waals surface area contributed by atoms with Crippen LogP contribution in [0, 0.1) is 0 Å². The molecule has 2 rings (SSSR count). The molecular formula is C19H25NO2. The number of unbranched alkanes of at least 4 members (excludes halogenated alkanes) is 2. The molecule has 0 bridgehead atoms. The van der Waals surface area contributed by atoms with E-state index in [1.165, 1.54) is 12.8 Å². The summed E-state index contributed by atoms with van der Waals surface area (Å²) >= 11 is 0. The minimum absolute atomic E-state index is 0.116. The van der Waals surface area contributed by atoms with Crippen LogP contribution in [0.25, 0.3) is 0 Å². The van der Waals surface area contributed by atoms with Gasteiger partial charge < -0.3 is 15.6 Å². The smallest absolute Gasteiger partial charge is 0.124 e. The molecular weight excluding hydrogens is 274 g/mol. The number of phenols is 1. The van der Waals surface area contributed by atoms with E-state index in [-0.39, 0.29) is 11.8 Å². The van der Waals surface area contributed by atoms with E-state index < -0.39 is 0 Å². The van der Waals surface area contributed by atoms with Crippen molar-refractivity contribution in [2.24, 2.45) is 5.73 Å². The molecule has 0 fully saturated rings. The van der Waals surface area contributed by atoms with Crippen molar-refractivity contribution in [2.45, 2.75) is 45.3 Å². The lowest BCUT2D eigenvalue weighted by Crippen LogP contribution is -2.10. The molecule has 0 saturated carbocycles. The fourth-order valence-electron chi connectivity index (χ4n) is 2.44. The number of nitrogens with two attached hydrogens (primary N) is 1. The zero-order valence-corrected chi connectivity index (χ0v) is 13.2. The third-order valence-electron chi connectivity index (χ3n) is 3.77. The van der Waals surface area contributed by atoms with E-state index in [4.69, 9.17) is 10.5 Å². The first-order valence-electron chi connectivity index (χ1n) is 7.96. The van der Waals surface area contributed by atoms with Crippen LogP contribution in [0.4, 0.5) is 0 Å². The van der Waals surface area contributed by atoms with Crippen molar-refractivity contribution in [1.82, 2.24) is 0 Å². The largest absolute Gasteiger partial charge is 0.507 e. The minimum atomic E-state index is -0.116. The first kappa shape index (κ1) is 16.4. The van der Waals surface area contributed by atoms with E-state index in [1.54, 1.807) is 6.07 Å². The number of hydrogen-bond donors (Lipinski definition) is 2. The summed E-state index contributed by atoms with van der Waals surface area (Å²) in [6.45, 7) is 2.66. The summed E-state index contributed by atoms with van der Waals surface area (Å²) < 4.78 is 5.71. The molecule has 1 atom stereocenters. The molecule has 0 aliphatic heterocycles. The first-order chi connectivity index (χ1) is 10.7. The summed E-state index contributed by atoms with van der Waals surface area (Å²) in [5.74, 6) is 0.875. The number of ether oxygens (including phenoxy) is 1. The highest BCUT2D eigenvalue weighted by Gasteiger charge is 2.11. The minimum Gasteiger partial charge on any atom is -0.507 e. The highest BCUT2D eigenvalue weighted by Crippen LogP contribution is 2.30. The Bertz CT molecular complexity index is 569. The van der Waals surface area contributed by atoms with Crippen LogP contribution in [0.3, 0.4) is 0 Å². The Morgan fingerprint density at radius 2 is 1.86 bits per heavy atom.